The first-order chi connectivity index (χ1) is 23.3. The van der Waals surface area contributed by atoms with Gasteiger partial charge in [0.15, 0.2) is 0 Å². The molecule has 226 valence electrons. The molecule has 0 aliphatic rings. The summed E-state index contributed by atoms with van der Waals surface area (Å²) >= 11 is 0. The van der Waals surface area contributed by atoms with Crippen molar-refractivity contribution in [2.24, 2.45) is 0 Å². The van der Waals surface area contributed by atoms with Crippen molar-refractivity contribution in [3.05, 3.63) is 170 Å². The molecule has 9 rings (SSSR count). The number of para-hydroxylation sites is 3. The Balaban J connectivity index is 0.00000159. The Hall–Kier alpha value is -6.06. The van der Waals surface area contributed by atoms with Crippen LogP contribution < -0.4 is 5.32 Å². The van der Waals surface area contributed by atoms with Gasteiger partial charge in [0, 0.05) is 44.3 Å². The van der Waals surface area contributed by atoms with Crippen LogP contribution in [-0.2, 0) is 0 Å². The number of rotatable bonds is 5. The molecule has 0 saturated heterocycles. The Labute approximate surface area is 275 Å². The van der Waals surface area contributed by atoms with Crippen LogP contribution in [0.4, 0.5) is 11.4 Å². The first-order valence-electron chi connectivity index (χ1n) is 16.4. The van der Waals surface area contributed by atoms with Crippen molar-refractivity contribution in [2.45, 2.75) is 13.8 Å². The maximum atomic E-state index is 3.74. The van der Waals surface area contributed by atoms with E-state index < -0.39 is 0 Å². The van der Waals surface area contributed by atoms with Crippen LogP contribution in [-0.4, -0.2) is 9.13 Å². The largest absolute Gasteiger partial charge is 0.355 e. The van der Waals surface area contributed by atoms with Gasteiger partial charge in [-0.05, 0) is 71.8 Å². The standard InChI is InChI=1S/C42H29N3.C2H6/c1-3-11-29(12-4-1)30-19-23-34(24-20-30)45-40-18-10-8-16-36(40)38-26-22-32(28-42(38)45)43-31-21-25-37-35-15-7-9-17-39(35)44(41(37)27-31)33-13-5-2-6-14-33;1-2/h1-28,43H;1-2H3. The van der Waals surface area contributed by atoms with Crippen LogP contribution in [0.3, 0.4) is 0 Å². The number of nitrogens with one attached hydrogen (secondary N) is 1. The van der Waals surface area contributed by atoms with Crippen LogP contribution in [0.15, 0.2) is 170 Å². The minimum Gasteiger partial charge on any atom is -0.355 e. The van der Waals surface area contributed by atoms with Crippen LogP contribution in [0.5, 0.6) is 0 Å². The van der Waals surface area contributed by atoms with Crippen LogP contribution in [0.2, 0.25) is 0 Å². The average molecular weight is 606 g/mol. The Morgan fingerprint density at radius 2 is 0.745 bits per heavy atom. The summed E-state index contributed by atoms with van der Waals surface area (Å²) in [5, 5.41) is 8.73. The quantitative estimate of drug-likeness (QED) is 0.207. The summed E-state index contributed by atoms with van der Waals surface area (Å²) in [6, 6.07) is 60.8. The molecule has 1 N–H and O–H groups in total. The molecule has 2 aromatic heterocycles. The second kappa shape index (κ2) is 12.0. The van der Waals surface area contributed by atoms with Gasteiger partial charge >= 0.3 is 0 Å². The van der Waals surface area contributed by atoms with E-state index in [4.69, 9.17) is 0 Å². The monoisotopic (exact) mass is 605 g/mol. The van der Waals surface area contributed by atoms with E-state index in [0.29, 0.717) is 0 Å². The summed E-state index contributed by atoms with van der Waals surface area (Å²) in [5.41, 5.74) is 11.6. The minimum absolute atomic E-state index is 1.05. The zero-order valence-electron chi connectivity index (χ0n) is 26.6. The predicted octanol–water partition coefficient (Wildman–Crippen LogP) is 12.3. The molecule has 0 bridgehead atoms. The van der Waals surface area contributed by atoms with Gasteiger partial charge in [-0.1, -0.05) is 123 Å². The number of hydrogen-bond acceptors (Lipinski definition) is 1. The Morgan fingerprint density at radius 3 is 1.28 bits per heavy atom. The van der Waals surface area contributed by atoms with E-state index in [1.54, 1.807) is 0 Å². The van der Waals surface area contributed by atoms with Gasteiger partial charge in [-0.2, -0.15) is 0 Å². The van der Waals surface area contributed by atoms with Crippen LogP contribution >= 0.6 is 0 Å². The normalized spacial score (nSPS) is 11.2. The average Bonchev–Trinajstić information content (AvgIpc) is 3.65. The molecule has 2 heterocycles. The second-order valence-electron chi connectivity index (χ2n) is 11.5. The first-order valence-corrected chi connectivity index (χ1v) is 16.4. The molecule has 7 aromatic carbocycles. The Morgan fingerprint density at radius 1 is 0.340 bits per heavy atom. The molecule has 0 unspecified atom stereocenters. The highest BCUT2D eigenvalue weighted by Crippen LogP contribution is 2.37. The van der Waals surface area contributed by atoms with Crippen molar-refractivity contribution in [1.82, 2.24) is 9.13 Å². The van der Waals surface area contributed by atoms with Crippen molar-refractivity contribution in [3.8, 4) is 22.5 Å². The van der Waals surface area contributed by atoms with Crippen molar-refractivity contribution < 1.29 is 0 Å². The third-order valence-electron chi connectivity index (χ3n) is 8.88. The number of fused-ring (bicyclic) bond motifs is 6. The van der Waals surface area contributed by atoms with E-state index in [0.717, 1.165) is 22.7 Å². The van der Waals surface area contributed by atoms with Gasteiger partial charge in [0.25, 0.3) is 0 Å². The number of hydrogen-bond donors (Lipinski definition) is 1. The van der Waals surface area contributed by atoms with E-state index in [2.05, 4.69) is 184 Å². The molecule has 3 heteroatoms. The molecule has 0 amide bonds. The third-order valence-corrected chi connectivity index (χ3v) is 8.88. The summed E-state index contributed by atoms with van der Waals surface area (Å²) < 4.78 is 4.73. The summed E-state index contributed by atoms with van der Waals surface area (Å²) in [7, 11) is 0. The highest BCUT2D eigenvalue weighted by atomic mass is 15.0. The van der Waals surface area contributed by atoms with Crippen LogP contribution in [0.1, 0.15) is 13.8 Å². The minimum atomic E-state index is 1.05. The molecule has 47 heavy (non-hydrogen) atoms. The molecule has 0 spiro atoms. The molecule has 0 aliphatic carbocycles. The van der Waals surface area contributed by atoms with Gasteiger partial charge in [0.05, 0.1) is 22.1 Å². The summed E-state index contributed by atoms with van der Waals surface area (Å²) in [5.74, 6) is 0. The molecule has 0 atom stereocenters. The smallest absolute Gasteiger partial charge is 0.0561 e. The van der Waals surface area contributed by atoms with Crippen molar-refractivity contribution in [1.29, 1.82) is 0 Å². The van der Waals surface area contributed by atoms with E-state index in [-0.39, 0.29) is 0 Å². The van der Waals surface area contributed by atoms with Crippen molar-refractivity contribution in [2.75, 3.05) is 5.32 Å². The molecule has 0 fully saturated rings. The van der Waals surface area contributed by atoms with Crippen LogP contribution in [0.25, 0.3) is 66.1 Å². The molecule has 9 aromatic rings. The molecule has 0 radical (unpaired) electrons. The van der Waals surface area contributed by atoms with Crippen molar-refractivity contribution in [3.63, 3.8) is 0 Å². The zero-order chi connectivity index (χ0) is 31.7. The maximum Gasteiger partial charge on any atom is 0.0561 e. The van der Waals surface area contributed by atoms with Gasteiger partial charge in [0.1, 0.15) is 0 Å². The molecular weight excluding hydrogens is 571 g/mol. The number of nitrogens with zero attached hydrogens (tertiary/aromatic N) is 2. The van der Waals surface area contributed by atoms with Crippen molar-refractivity contribution >= 4 is 55.0 Å². The van der Waals surface area contributed by atoms with Gasteiger partial charge in [-0.3, -0.25) is 0 Å². The molecular formula is C44H35N3. The number of anilines is 2. The third kappa shape index (κ3) is 4.93. The van der Waals surface area contributed by atoms with Gasteiger partial charge in [-0.25, -0.2) is 0 Å². The van der Waals surface area contributed by atoms with Gasteiger partial charge in [0.2, 0.25) is 0 Å². The zero-order valence-corrected chi connectivity index (χ0v) is 26.6. The number of aromatic nitrogens is 2. The van der Waals surface area contributed by atoms with E-state index in [1.165, 1.54) is 54.7 Å². The highest BCUT2D eigenvalue weighted by Gasteiger charge is 2.15. The van der Waals surface area contributed by atoms with E-state index in [9.17, 15) is 0 Å². The topological polar surface area (TPSA) is 21.9 Å². The van der Waals surface area contributed by atoms with E-state index in [1.807, 2.05) is 13.8 Å². The lowest BCUT2D eigenvalue weighted by Gasteiger charge is -2.12. The summed E-state index contributed by atoms with van der Waals surface area (Å²) in [4.78, 5) is 0. The summed E-state index contributed by atoms with van der Waals surface area (Å²) in [6.07, 6.45) is 0. The Bertz CT molecular complexity index is 2490. The van der Waals surface area contributed by atoms with E-state index >= 15 is 0 Å². The lowest BCUT2D eigenvalue weighted by atomic mass is 10.1. The lowest BCUT2D eigenvalue weighted by Crippen LogP contribution is -1.96. The fourth-order valence-corrected chi connectivity index (χ4v) is 6.83. The molecule has 0 saturated carbocycles. The Kier molecular flexibility index (Phi) is 7.28. The first kappa shape index (κ1) is 28.4. The maximum absolute atomic E-state index is 3.74. The predicted molar refractivity (Wildman–Crippen MR) is 202 cm³/mol. The SMILES string of the molecule is CC.c1ccc(-c2ccc(-n3c4ccccc4c4ccc(Nc5ccc6c7ccccc7n(-c7ccccc7)c6c5)cc43)cc2)cc1. The molecule has 0 aliphatic heterocycles. The van der Waals surface area contributed by atoms with Gasteiger partial charge in [-0.15, -0.1) is 0 Å². The number of benzene rings is 7. The fraction of sp³-hybridized carbons (Fsp3) is 0.0455. The summed E-state index contributed by atoms with van der Waals surface area (Å²) in [6.45, 7) is 4.00. The van der Waals surface area contributed by atoms with Gasteiger partial charge < -0.3 is 14.5 Å². The second-order valence-corrected chi connectivity index (χ2v) is 11.5. The fourth-order valence-electron chi connectivity index (χ4n) is 6.83. The van der Waals surface area contributed by atoms with Crippen LogP contribution in [0, 0.1) is 0 Å². The lowest BCUT2D eigenvalue weighted by molar-refractivity contribution is 1.18. The highest BCUT2D eigenvalue weighted by molar-refractivity contribution is 6.11. The molecule has 3 nitrogen and oxygen atoms in total.